The molecular weight excluding hydrogens is 248 g/mol. The summed E-state index contributed by atoms with van der Waals surface area (Å²) >= 11 is 6.14. The van der Waals surface area contributed by atoms with Gasteiger partial charge in [-0.15, -0.1) is 0 Å². The number of aromatic nitrogens is 1. The van der Waals surface area contributed by atoms with Gasteiger partial charge in [0.25, 0.3) is 0 Å². The molecule has 2 heterocycles. The van der Waals surface area contributed by atoms with Crippen molar-refractivity contribution in [3.8, 4) is 0 Å². The number of carbonyl (C=O) groups is 1. The summed E-state index contributed by atoms with van der Waals surface area (Å²) in [5, 5.41) is 1.54. The van der Waals surface area contributed by atoms with Crippen LogP contribution in [-0.2, 0) is 4.79 Å². The fourth-order valence-corrected chi connectivity index (χ4v) is 2.56. The van der Waals surface area contributed by atoms with Crippen LogP contribution < -0.4 is 4.90 Å². The third-order valence-corrected chi connectivity index (χ3v) is 3.69. The van der Waals surface area contributed by atoms with E-state index >= 15 is 0 Å². The lowest BCUT2D eigenvalue weighted by molar-refractivity contribution is -0.132. The summed E-state index contributed by atoms with van der Waals surface area (Å²) in [6, 6.07) is 7.45. The summed E-state index contributed by atoms with van der Waals surface area (Å²) in [6.07, 6.45) is 1.72. The molecule has 0 N–H and O–H groups in total. The smallest absolute Gasteiger partial charge is 0.234 e. The molecule has 1 amide bonds. The number of carbonyl (C=O) groups excluding carboxylic acids is 1. The van der Waals surface area contributed by atoms with E-state index in [4.69, 9.17) is 11.6 Å². The molecule has 0 unspecified atom stereocenters. The third-order valence-electron chi connectivity index (χ3n) is 3.36. The highest BCUT2D eigenvalue weighted by Gasteiger charge is 2.45. The van der Waals surface area contributed by atoms with Gasteiger partial charge in [0.05, 0.1) is 21.6 Å². The second kappa shape index (κ2) is 3.69. The van der Waals surface area contributed by atoms with E-state index in [9.17, 15) is 4.79 Å². The molecule has 18 heavy (non-hydrogen) atoms. The van der Waals surface area contributed by atoms with Crippen molar-refractivity contribution in [1.29, 1.82) is 0 Å². The SMILES string of the molecule is CC1(C)CN(c2ccc(Cl)c3cccnc23)C1=O. The van der Waals surface area contributed by atoms with Crippen LogP contribution in [0.3, 0.4) is 0 Å². The molecule has 2 aromatic rings. The van der Waals surface area contributed by atoms with Gasteiger partial charge in [-0.1, -0.05) is 11.6 Å². The molecule has 1 saturated heterocycles. The Hall–Kier alpha value is -1.61. The van der Waals surface area contributed by atoms with Gasteiger partial charge < -0.3 is 4.90 Å². The molecule has 0 atom stereocenters. The van der Waals surface area contributed by atoms with Crippen molar-refractivity contribution >= 4 is 34.1 Å². The van der Waals surface area contributed by atoms with Gasteiger partial charge in [-0.3, -0.25) is 9.78 Å². The van der Waals surface area contributed by atoms with Crippen molar-refractivity contribution < 1.29 is 4.79 Å². The van der Waals surface area contributed by atoms with Gasteiger partial charge in [-0.2, -0.15) is 0 Å². The minimum atomic E-state index is -0.263. The van der Waals surface area contributed by atoms with Gasteiger partial charge in [0.1, 0.15) is 0 Å². The van der Waals surface area contributed by atoms with Crippen LogP contribution >= 0.6 is 11.6 Å². The summed E-state index contributed by atoms with van der Waals surface area (Å²) in [5.74, 6) is 0.136. The summed E-state index contributed by atoms with van der Waals surface area (Å²) in [5.41, 5.74) is 1.37. The van der Waals surface area contributed by atoms with E-state index in [-0.39, 0.29) is 11.3 Å². The fourth-order valence-electron chi connectivity index (χ4n) is 2.34. The summed E-state index contributed by atoms with van der Waals surface area (Å²) in [7, 11) is 0. The maximum Gasteiger partial charge on any atom is 0.234 e. The van der Waals surface area contributed by atoms with Gasteiger partial charge in [-0.25, -0.2) is 0 Å². The van der Waals surface area contributed by atoms with Crippen LogP contribution in [0.1, 0.15) is 13.8 Å². The topological polar surface area (TPSA) is 33.2 Å². The zero-order chi connectivity index (χ0) is 12.9. The number of halogens is 1. The second-order valence-corrected chi connectivity index (χ2v) is 5.65. The van der Waals surface area contributed by atoms with Crippen molar-refractivity contribution in [3.63, 3.8) is 0 Å². The van der Waals surface area contributed by atoms with E-state index in [2.05, 4.69) is 4.98 Å². The molecule has 0 bridgehead atoms. The highest BCUT2D eigenvalue weighted by atomic mass is 35.5. The van der Waals surface area contributed by atoms with Crippen molar-refractivity contribution in [2.45, 2.75) is 13.8 Å². The molecule has 1 aliphatic heterocycles. The van der Waals surface area contributed by atoms with E-state index in [1.807, 2.05) is 38.1 Å². The summed E-state index contributed by atoms with van der Waals surface area (Å²) in [4.78, 5) is 18.2. The standard InChI is InChI=1S/C14H13ClN2O/c1-14(2)8-17(13(14)18)11-6-5-10(15)9-4-3-7-16-12(9)11/h3-7H,8H2,1-2H3. The molecule has 92 valence electrons. The number of hydrogen-bond donors (Lipinski definition) is 0. The molecule has 1 aromatic carbocycles. The molecule has 1 aliphatic rings. The molecule has 4 heteroatoms. The Kier molecular flexibility index (Phi) is 2.35. The molecule has 1 fully saturated rings. The zero-order valence-electron chi connectivity index (χ0n) is 10.3. The first-order valence-electron chi connectivity index (χ1n) is 5.86. The van der Waals surface area contributed by atoms with Crippen molar-refractivity contribution in [1.82, 2.24) is 4.98 Å². The zero-order valence-corrected chi connectivity index (χ0v) is 11.0. The molecule has 0 saturated carbocycles. The lowest BCUT2D eigenvalue weighted by Gasteiger charge is -2.44. The molecule has 0 spiro atoms. The van der Waals surface area contributed by atoms with Gasteiger partial charge in [0, 0.05) is 18.1 Å². The number of rotatable bonds is 1. The van der Waals surface area contributed by atoms with E-state index < -0.39 is 0 Å². The predicted octanol–water partition coefficient (Wildman–Crippen LogP) is 3.26. The first-order valence-corrected chi connectivity index (χ1v) is 6.24. The monoisotopic (exact) mass is 260 g/mol. The van der Waals surface area contributed by atoms with E-state index in [1.54, 1.807) is 11.1 Å². The Morgan fingerprint density at radius 1 is 1.33 bits per heavy atom. The van der Waals surface area contributed by atoms with Crippen molar-refractivity contribution in [2.24, 2.45) is 5.41 Å². The lowest BCUT2D eigenvalue weighted by atomic mass is 9.82. The highest BCUT2D eigenvalue weighted by molar-refractivity contribution is 6.36. The lowest BCUT2D eigenvalue weighted by Crippen LogP contribution is -2.58. The van der Waals surface area contributed by atoms with E-state index in [1.165, 1.54) is 0 Å². The quantitative estimate of drug-likeness (QED) is 0.738. The van der Waals surface area contributed by atoms with Crippen molar-refractivity contribution in [3.05, 3.63) is 35.5 Å². The maximum atomic E-state index is 12.1. The number of amides is 1. The Balaban J connectivity index is 2.15. The highest BCUT2D eigenvalue weighted by Crippen LogP contribution is 2.39. The number of pyridine rings is 1. The third kappa shape index (κ3) is 1.51. The van der Waals surface area contributed by atoms with Crippen LogP contribution in [-0.4, -0.2) is 17.4 Å². The predicted molar refractivity (Wildman–Crippen MR) is 72.9 cm³/mol. The Bertz CT molecular complexity index is 651. The van der Waals surface area contributed by atoms with Gasteiger partial charge in [0.2, 0.25) is 5.91 Å². The summed E-state index contributed by atoms with van der Waals surface area (Å²) in [6.45, 7) is 4.63. The number of fused-ring (bicyclic) bond motifs is 1. The number of β-lactam (4-membered cyclic amide) rings is 1. The first-order chi connectivity index (χ1) is 8.50. The second-order valence-electron chi connectivity index (χ2n) is 5.24. The fraction of sp³-hybridized carbons (Fsp3) is 0.286. The number of anilines is 1. The minimum Gasteiger partial charge on any atom is -0.309 e. The Labute approximate surface area is 110 Å². The Morgan fingerprint density at radius 3 is 2.78 bits per heavy atom. The minimum absolute atomic E-state index is 0.136. The van der Waals surface area contributed by atoms with Gasteiger partial charge in [0.15, 0.2) is 0 Å². The molecule has 0 radical (unpaired) electrons. The number of nitrogens with zero attached hydrogens (tertiary/aromatic N) is 2. The largest absolute Gasteiger partial charge is 0.309 e. The maximum absolute atomic E-state index is 12.1. The van der Waals surface area contributed by atoms with Gasteiger partial charge in [-0.05, 0) is 38.1 Å². The molecule has 1 aromatic heterocycles. The van der Waals surface area contributed by atoms with Gasteiger partial charge >= 0.3 is 0 Å². The van der Waals surface area contributed by atoms with Crippen LogP contribution in [0.15, 0.2) is 30.5 Å². The number of benzene rings is 1. The molecule has 0 aliphatic carbocycles. The molecule has 3 nitrogen and oxygen atoms in total. The van der Waals surface area contributed by atoms with E-state index in [0.29, 0.717) is 5.02 Å². The Morgan fingerprint density at radius 2 is 2.11 bits per heavy atom. The summed E-state index contributed by atoms with van der Waals surface area (Å²) < 4.78 is 0. The van der Waals surface area contributed by atoms with Crippen LogP contribution in [0.5, 0.6) is 0 Å². The van der Waals surface area contributed by atoms with Crippen LogP contribution in [0, 0.1) is 5.41 Å². The number of hydrogen-bond acceptors (Lipinski definition) is 2. The first kappa shape index (κ1) is 11.5. The average Bonchev–Trinajstić information content (AvgIpc) is 2.37. The molecular formula is C14H13ClN2O. The normalized spacial score (nSPS) is 17.9. The average molecular weight is 261 g/mol. The molecule has 3 rings (SSSR count). The van der Waals surface area contributed by atoms with Crippen LogP contribution in [0.4, 0.5) is 5.69 Å². The van der Waals surface area contributed by atoms with E-state index in [0.717, 1.165) is 23.1 Å². The van der Waals surface area contributed by atoms with Crippen LogP contribution in [0.25, 0.3) is 10.9 Å². The van der Waals surface area contributed by atoms with Crippen LogP contribution in [0.2, 0.25) is 5.02 Å². The van der Waals surface area contributed by atoms with Crippen molar-refractivity contribution in [2.75, 3.05) is 11.4 Å².